The van der Waals surface area contributed by atoms with Gasteiger partial charge in [-0.3, -0.25) is 0 Å². The number of ether oxygens (including phenoxy) is 1. The number of nitrogens with one attached hydrogen (secondary N) is 2. The minimum Gasteiger partial charge on any atom is -0.495 e. The van der Waals surface area contributed by atoms with E-state index in [0.717, 1.165) is 27.6 Å². The van der Waals surface area contributed by atoms with Gasteiger partial charge in [0.2, 0.25) is 0 Å². The van der Waals surface area contributed by atoms with Crippen LogP contribution in [0.25, 0.3) is 21.9 Å². The highest BCUT2D eigenvalue weighted by Crippen LogP contribution is 2.36. The van der Waals surface area contributed by atoms with Gasteiger partial charge < -0.3 is 19.8 Å². The number of urea groups is 1. The highest BCUT2D eigenvalue weighted by atomic mass is 16.5. The smallest absolute Gasteiger partial charge is 0.323 e. The molecule has 2 amide bonds. The summed E-state index contributed by atoms with van der Waals surface area (Å²) in [6.07, 6.45) is 0. The topological polar surface area (TPSA) is 63.5 Å². The van der Waals surface area contributed by atoms with Gasteiger partial charge in [-0.2, -0.15) is 0 Å². The highest BCUT2D eigenvalue weighted by Gasteiger charge is 2.14. The number of hydrogen-bond acceptors (Lipinski definition) is 3. The van der Waals surface area contributed by atoms with E-state index in [2.05, 4.69) is 10.6 Å². The second-order valence-corrected chi connectivity index (χ2v) is 6.04. The van der Waals surface area contributed by atoms with Gasteiger partial charge in [-0.15, -0.1) is 0 Å². The van der Waals surface area contributed by atoms with Gasteiger partial charge in [-0.1, -0.05) is 36.4 Å². The number of fused-ring (bicyclic) bond motifs is 3. The van der Waals surface area contributed by atoms with E-state index < -0.39 is 0 Å². The summed E-state index contributed by atoms with van der Waals surface area (Å²) in [5.74, 6) is 0.573. The Kier molecular flexibility index (Phi) is 3.97. The molecule has 5 nitrogen and oxygen atoms in total. The molecule has 5 heteroatoms. The summed E-state index contributed by atoms with van der Waals surface area (Å²) in [5.41, 5.74) is 3.78. The molecule has 0 saturated heterocycles. The Labute approximate surface area is 150 Å². The maximum atomic E-state index is 12.4. The molecule has 0 saturated carbocycles. The van der Waals surface area contributed by atoms with Crippen LogP contribution in [-0.2, 0) is 0 Å². The lowest BCUT2D eigenvalue weighted by atomic mass is 10.1. The number of para-hydroxylation sites is 2. The molecule has 3 aromatic carbocycles. The van der Waals surface area contributed by atoms with Crippen LogP contribution in [0.2, 0.25) is 0 Å². The Morgan fingerprint density at radius 1 is 0.885 bits per heavy atom. The van der Waals surface area contributed by atoms with E-state index in [9.17, 15) is 4.79 Å². The van der Waals surface area contributed by atoms with Crippen LogP contribution in [0.1, 0.15) is 5.56 Å². The van der Waals surface area contributed by atoms with Crippen LogP contribution >= 0.6 is 0 Å². The van der Waals surface area contributed by atoms with Crippen LogP contribution in [-0.4, -0.2) is 13.1 Å². The predicted octanol–water partition coefficient (Wildman–Crippen LogP) is 5.55. The van der Waals surface area contributed by atoms with Crippen molar-refractivity contribution in [2.24, 2.45) is 0 Å². The number of rotatable bonds is 3. The fraction of sp³-hybridized carbons (Fsp3) is 0.0952. The summed E-state index contributed by atoms with van der Waals surface area (Å²) in [4.78, 5) is 12.4. The van der Waals surface area contributed by atoms with Crippen LogP contribution < -0.4 is 15.4 Å². The lowest BCUT2D eigenvalue weighted by molar-refractivity contribution is 0.262. The van der Waals surface area contributed by atoms with Gasteiger partial charge in [0.05, 0.1) is 12.8 Å². The summed E-state index contributed by atoms with van der Waals surface area (Å²) in [6, 6.07) is 18.7. The average molecular weight is 346 g/mol. The van der Waals surface area contributed by atoms with Crippen molar-refractivity contribution in [3.63, 3.8) is 0 Å². The first kappa shape index (κ1) is 16.0. The Bertz CT molecular complexity index is 1110. The zero-order valence-electron chi connectivity index (χ0n) is 14.5. The molecule has 26 heavy (non-hydrogen) atoms. The van der Waals surface area contributed by atoms with E-state index in [1.807, 2.05) is 61.5 Å². The fourth-order valence-corrected chi connectivity index (χ4v) is 3.01. The number of amides is 2. The molecule has 0 aliphatic heterocycles. The summed E-state index contributed by atoms with van der Waals surface area (Å²) in [7, 11) is 1.58. The minimum atomic E-state index is -0.340. The van der Waals surface area contributed by atoms with Gasteiger partial charge in [-0.25, -0.2) is 4.79 Å². The van der Waals surface area contributed by atoms with Crippen molar-refractivity contribution in [3.8, 4) is 5.75 Å². The second kappa shape index (κ2) is 6.44. The van der Waals surface area contributed by atoms with Gasteiger partial charge in [-0.05, 0) is 30.7 Å². The lowest BCUT2D eigenvalue weighted by Crippen LogP contribution is -2.20. The molecule has 4 aromatic rings. The van der Waals surface area contributed by atoms with Crippen LogP contribution in [0.5, 0.6) is 5.75 Å². The number of carbonyl (C=O) groups is 1. The summed E-state index contributed by atoms with van der Waals surface area (Å²) in [5, 5.41) is 7.64. The Hall–Kier alpha value is -3.47. The van der Waals surface area contributed by atoms with Gasteiger partial charge in [0, 0.05) is 22.5 Å². The first-order chi connectivity index (χ1) is 12.7. The molecule has 1 aromatic heterocycles. The largest absolute Gasteiger partial charge is 0.495 e. The third-order valence-corrected chi connectivity index (χ3v) is 4.34. The van der Waals surface area contributed by atoms with Crippen molar-refractivity contribution in [2.45, 2.75) is 6.92 Å². The van der Waals surface area contributed by atoms with E-state index in [1.54, 1.807) is 13.2 Å². The molecular weight excluding hydrogens is 328 g/mol. The van der Waals surface area contributed by atoms with E-state index in [4.69, 9.17) is 9.15 Å². The number of benzene rings is 3. The first-order valence-electron chi connectivity index (χ1n) is 8.28. The Morgan fingerprint density at radius 3 is 2.42 bits per heavy atom. The molecule has 0 atom stereocenters. The molecule has 0 spiro atoms. The van der Waals surface area contributed by atoms with Crippen molar-refractivity contribution in [2.75, 3.05) is 17.7 Å². The number of aryl methyl sites for hydroxylation is 1. The van der Waals surface area contributed by atoms with Crippen LogP contribution in [0.3, 0.4) is 0 Å². The van der Waals surface area contributed by atoms with Gasteiger partial charge in [0.1, 0.15) is 16.9 Å². The zero-order chi connectivity index (χ0) is 18.1. The van der Waals surface area contributed by atoms with Gasteiger partial charge in [0.15, 0.2) is 0 Å². The number of carbonyl (C=O) groups excluding carboxylic acids is 1. The molecule has 4 rings (SSSR count). The second-order valence-electron chi connectivity index (χ2n) is 6.04. The van der Waals surface area contributed by atoms with E-state index in [-0.39, 0.29) is 6.03 Å². The van der Waals surface area contributed by atoms with E-state index >= 15 is 0 Å². The maximum absolute atomic E-state index is 12.4. The van der Waals surface area contributed by atoms with Crippen molar-refractivity contribution in [3.05, 3.63) is 66.2 Å². The van der Waals surface area contributed by atoms with Crippen LogP contribution in [0.4, 0.5) is 16.2 Å². The summed E-state index contributed by atoms with van der Waals surface area (Å²) in [6.45, 7) is 1.94. The molecule has 0 unspecified atom stereocenters. The summed E-state index contributed by atoms with van der Waals surface area (Å²) < 4.78 is 11.3. The molecule has 0 fully saturated rings. The van der Waals surface area contributed by atoms with Crippen molar-refractivity contribution < 1.29 is 13.9 Å². The van der Waals surface area contributed by atoms with Crippen LogP contribution in [0, 0.1) is 6.92 Å². The lowest BCUT2D eigenvalue weighted by Gasteiger charge is -2.12. The SMILES string of the molecule is COc1cc2c(cc1NC(=O)Nc1ccccc1C)oc1ccccc12. The molecule has 0 aliphatic carbocycles. The number of furan rings is 1. The minimum absolute atomic E-state index is 0.340. The van der Waals surface area contributed by atoms with E-state index in [1.165, 1.54) is 0 Å². The molecule has 0 aliphatic rings. The van der Waals surface area contributed by atoms with Gasteiger partial charge in [0.25, 0.3) is 0 Å². The standard InChI is InChI=1S/C21H18N2O3/c1-13-7-3-5-9-16(13)22-21(24)23-17-12-19-15(11-20(17)25-2)14-8-4-6-10-18(14)26-19/h3-12H,1-2H3,(H2,22,23,24). The highest BCUT2D eigenvalue weighted by molar-refractivity contribution is 6.08. The normalized spacial score (nSPS) is 10.8. The predicted molar refractivity (Wildman–Crippen MR) is 104 cm³/mol. The van der Waals surface area contributed by atoms with Crippen molar-refractivity contribution in [1.82, 2.24) is 0 Å². The van der Waals surface area contributed by atoms with Crippen molar-refractivity contribution in [1.29, 1.82) is 0 Å². The molecule has 1 heterocycles. The third kappa shape index (κ3) is 2.84. The average Bonchev–Trinajstić information content (AvgIpc) is 3.00. The molecule has 0 radical (unpaired) electrons. The van der Waals surface area contributed by atoms with Crippen molar-refractivity contribution >= 4 is 39.3 Å². The fourth-order valence-electron chi connectivity index (χ4n) is 3.01. The third-order valence-electron chi connectivity index (χ3n) is 4.34. The van der Waals surface area contributed by atoms with Gasteiger partial charge >= 0.3 is 6.03 Å². The molecule has 2 N–H and O–H groups in total. The zero-order valence-corrected chi connectivity index (χ0v) is 14.5. The Morgan fingerprint density at radius 2 is 1.62 bits per heavy atom. The quantitative estimate of drug-likeness (QED) is 0.511. The number of hydrogen-bond donors (Lipinski definition) is 2. The van der Waals surface area contributed by atoms with E-state index in [0.29, 0.717) is 17.0 Å². The number of anilines is 2. The summed E-state index contributed by atoms with van der Waals surface area (Å²) >= 11 is 0. The monoisotopic (exact) mass is 346 g/mol. The molecule has 130 valence electrons. The molecule has 0 bridgehead atoms. The molecular formula is C21H18N2O3. The first-order valence-corrected chi connectivity index (χ1v) is 8.28. The maximum Gasteiger partial charge on any atom is 0.323 e. The number of methoxy groups -OCH3 is 1. The van der Waals surface area contributed by atoms with Crippen LogP contribution in [0.15, 0.2) is 65.1 Å². The Balaban J connectivity index is 1.68.